The van der Waals surface area contributed by atoms with Gasteiger partial charge in [0.2, 0.25) is 0 Å². The smallest absolute Gasteiger partial charge is 0.340 e. The van der Waals surface area contributed by atoms with E-state index in [1.54, 1.807) is 23.0 Å². The lowest BCUT2D eigenvalue weighted by Gasteiger charge is -2.14. The first kappa shape index (κ1) is 14.0. The van der Waals surface area contributed by atoms with Crippen molar-refractivity contribution in [1.29, 1.82) is 0 Å². The topological polar surface area (TPSA) is 93.8 Å². The van der Waals surface area contributed by atoms with Crippen LogP contribution >= 0.6 is 0 Å². The Morgan fingerprint density at radius 2 is 2.38 bits per heavy atom. The minimum Gasteiger partial charge on any atom is -0.465 e. The number of para-hydroxylation sites is 1. The third-order valence-electron chi connectivity index (χ3n) is 3.70. The summed E-state index contributed by atoms with van der Waals surface area (Å²) in [5.41, 5.74) is 1.62. The van der Waals surface area contributed by atoms with Gasteiger partial charge in [-0.3, -0.25) is 0 Å². The highest BCUT2D eigenvalue weighted by Gasteiger charge is 2.35. The van der Waals surface area contributed by atoms with Gasteiger partial charge < -0.3 is 24.3 Å². The minimum absolute atomic E-state index is 0.238. The molecule has 1 saturated heterocycles. The van der Waals surface area contributed by atoms with Gasteiger partial charge in [0.05, 0.1) is 37.2 Å². The van der Waals surface area contributed by atoms with E-state index in [4.69, 9.17) is 14.6 Å². The molecule has 0 saturated carbocycles. The molecule has 1 aromatic carbocycles. The summed E-state index contributed by atoms with van der Waals surface area (Å²) in [4.78, 5) is 16.0. The van der Waals surface area contributed by atoms with Gasteiger partial charge in [-0.25, -0.2) is 9.78 Å². The lowest BCUT2D eigenvalue weighted by molar-refractivity contribution is -0.0430. The molecule has 2 heterocycles. The molecule has 1 aromatic heterocycles. The van der Waals surface area contributed by atoms with E-state index in [0.29, 0.717) is 23.0 Å². The molecule has 112 valence electrons. The van der Waals surface area contributed by atoms with E-state index in [1.165, 1.54) is 7.11 Å². The maximum Gasteiger partial charge on any atom is 0.340 e. The fraction of sp³-hybridized carbons (Fsp3) is 0.429. The van der Waals surface area contributed by atoms with Crippen molar-refractivity contribution in [2.45, 2.75) is 24.9 Å². The second kappa shape index (κ2) is 5.44. The molecular formula is C14H16N2O5. The predicted molar refractivity (Wildman–Crippen MR) is 72.7 cm³/mol. The lowest BCUT2D eigenvalue weighted by Crippen LogP contribution is -2.24. The molecule has 3 rings (SSSR count). The summed E-state index contributed by atoms with van der Waals surface area (Å²) in [7, 11) is 1.32. The van der Waals surface area contributed by atoms with Crippen LogP contribution in [0.1, 0.15) is 23.0 Å². The van der Waals surface area contributed by atoms with E-state index in [-0.39, 0.29) is 6.61 Å². The van der Waals surface area contributed by atoms with Gasteiger partial charge in [0.1, 0.15) is 17.8 Å². The van der Waals surface area contributed by atoms with E-state index in [0.717, 1.165) is 0 Å². The third-order valence-corrected chi connectivity index (χ3v) is 3.70. The number of carbonyl (C=O) groups is 1. The molecule has 0 radical (unpaired) electrons. The highest BCUT2D eigenvalue weighted by Crippen LogP contribution is 2.31. The Hall–Kier alpha value is -1.96. The zero-order valence-electron chi connectivity index (χ0n) is 11.5. The van der Waals surface area contributed by atoms with E-state index in [2.05, 4.69) is 4.98 Å². The first-order valence-corrected chi connectivity index (χ1v) is 6.64. The van der Waals surface area contributed by atoms with Crippen molar-refractivity contribution in [1.82, 2.24) is 9.55 Å². The van der Waals surface area contributed by atoms with E-state index in [9.17, 15) is 9.90 Å². The molecule has 3 atom stereocenters. The number of esters is 1. The van der Waals surface area contributed by atoms with E-state index < -0.39 is 24.4 Å². The van der Waals surface area contributed by atoms with Crippen molar-refractivity contribution in [2.75, 3.05) is 13.7 Å². The van der Waals surface area contributed by atoms with Crippen molar-refractivity contribution < 1.29 is 24.5 Å². The highest BCUT2D eigenvalue weighted by molar-refractivity contribution is 6.01. The number of carbonyl (C=O) groups excluding carboxylic acids is 1. The van der Waals surface area contributed by atoms with Gasteiger partial charge in [-0.1, -0.05) is 6.07 Å². The van der Waals surface area contributed by atoms with Gasteiger partial charge in [-0.15, -0.1) is 0 Å². The summed E-state index contributed by atoms with van der Waals surface area (Å²) < 4.78 is 12.1. The molecule has 2 aromatic rings. The average Bonchev–Trinajstić information content (AvgIpc) is 3.09. The number of imidazole rings is 1. The molecule has 1 aliphatic rings. The average molecular weight is 292 g/mol. The number of fused-ring (bicyclic) bond motifs is 1. The molecule has 1 fully saturated rings. The standard InChI is InChI=1S/C14H16N2O5/c1-20-14(19)8-3-2-4-9-13(8)15-7-16(9)12-5-10(18)11(6-17)21-12/h2-4,7,10-12,17-18H,5-6H2,1H3/t10-,11+,12+/m0/s1. The summed E-state index contributed by atoms with van der Waals surface area (Å²) in [5.74, 6) is -0.452. The number of aliphatic hydroxyl groups is 2. The quantitative estimate of drug-likeness (QED) is 0.798. The van der Waals surface area contributed by atoms with Crippen molar-refractivity contribution in [3.8, 4) is 0 Å². The van der Waals surface area contributed by atoms with Crippen molar-refractivity contribution in [3.63, 3.8) is 0 Å². The van der Waals surface area contributed by atoms with Crippen LogP contribution in [-0.2, 0) is 9.47 Å². The molecule has 0 aliphatic carbocycles. The van der Waals surface area contributed by atoms with Crippen LogP contribution in [0.3, 0.4) is 0 Å². The summed E-state index contributed by atoms with van der Waals surface area (Å²) in [6.45, 7) is -0.238. The van der Waals surface area contributed by atoms with Crippen LogP contribution in [-0.4, -0.2) is 51.7 Å². The second-order valence-corrected chi connectivity index (χ2v) is 4.93. The summed E-state index contributed by atoms with van der Waals surface area (Å²) in [6.07, 6.45) is 0.181. The molecule has 7 heteroatoms. The van der Waals surface area contributed by atoms with Crippen LogP contribution in [0.4, 0.5) is 0 Å². The zero-order valence-corrected chi connectivity index (χ0v) is 11.5. The third kappa shape index (κ3) is 2.29. The Labute approximate surface area is 120 Å². The number of rotatable bonds is 3. The SMILES string of the molecule is COC(=O)c1cccc2c1ncn2[C@H]1C[C@H](O)[C@@H](CO)O1. The van der Waals surface area contributed by atoms with Crippen LogP contribution in [0, 0.1) is 0 Å². The van der Waals surface area contributed by atoms with Crippen LogP contribution in [0.5, 0.6) is 0 Å². The number of nitrogens with zero attached hydrogens (tertiary/aromatic N) is 2. The molecule has 0 spiro atoms. The summed E-state index contributed by atoms with van der Waals surface area (Å²) >= 11 is 0. The Kier molecular flexibility index (Phi) is 3.62. The van der Waals surface area contributed by atoms with E-state index in [1.807, 2.05) is 6.07 Å². The normalized spacial score (nSPS) is 25.4. The molecule has 21 heavy (non-hydrogen) atoms. The van der Waals surface area contributed by atoms with Crippen LogP contribution in [0.15, 0.2) is 24.5 Å². The monoisotopic (exact) mass is 292 g/mol. The number of hydrogen-bond donors (Lipinski definition) is 2. The lowest BCUT2D eigenvalue weighted by atomic mass is 10.1. The van der Waals surface area contributed by atoms with Gasteiger partial charge in [0.25, 0.3) is 0 Å². The number of benzene rings is 1. The van der Waals surface area contributed by atoms with Gasteiger partial charge in [0.15, 0.2) is 0 Å². The summed E-state index contributed by atoms with van der Waals surface area (Å²) in [5, 5.41) is 19.0. The molecule has 0 unspecified atom stereocenters. The number of methoxy groups -OCH3 is 1. The number of aliphatic hydroxyl groups excluding tert-OH is 2. The van der Waals surface area contributed by atoms with Crippen molar-refractivity contribution in [3.05, 3.63) is 30.1 Å². The first-order valence-electron chi connectivity index (χ1n) is 6.64. The minimum atomic E-state index is -0.721. The maximum atomic E-state index is 11.7. The Balaban J connectivity index is 2.00. The maximum absolute atomic E-state index is 11.7. The molecule has 0 amide bonds. The fourth-order valence-electron chi connectivity index (χ4n) is 2.61. The first-order chi connectivity index (χ1) is 10.2. The highest BCUT2D eigenvalue weighted by atomic mass is 16.5. The van der Waals surface area contributed by atoms with Crippen LogP contribution < -0.4 is 0 Å². The number of ether oxygens (including phenoxy) is 2. The molecule has 1 aliphatic heterocycles. The van der Waals surface area contributed by atoms with Crippen molar-refractivity contribution in [2.24, 2.45) is 0 Å². The zero-order chi connectivity index (χ0) is 15.0. The molecular weight excluding hydrogens is 276 g/mol. The molecule has 0 bridgehead atoms. The van der Waals surface area contributed by atoms with Crippen LogP contribution in [0.25, 0.3) is 11.0 Å². The predicted octanol–water partition coefficient (Wildman–Crippen LogP) is 0.464. The molecule has 2 N–H and O–H groups in total. The Morgan fingerprint density at radius 1 is 1.57 bits per heavy atom. The van der Waals surface area contributed by atoms with E-state index >= 15 is 0 Å². The number of aromatic nitrogens is 2. The Bertz CT molecular complexity index is 668. The van der Waals surface area contributed by atoms with Gasteiger partial charge in [-0.05, 0) is 12.1 Å². The number of hydrogen-bond acceptors (Lipinski definition) is 6. The summed E-state index contributed by atoms with van der Waals surface area (Å²) in [6, 6.07) is 5.20. The largest absolute Gasteiger partial charge is 0.465 e. The van der Waals surface area contributed by atoms with Gasteiger partial charge in [-0.2, -0.15) is 0 Å². The Morgan fingerprint density at radius 3 is 3.05 bits per heavy atom. The van der Waals surface area contributed by atoms with Gasteiger partial charge in [0, 0.05) is 6.42 Å². The van der Waals surface area contributed by atoms with Gasteiger partial charge >= 0.3 is 5.97 Å². The van der Waals surface area contributed by atoms with Crippen molar-refractivity contribution >= 4 is 17.0 Å². The fourth-order valence-corrected chi connectivity index (χ4v) is 2.61. The molecule has 7 nitrogen and oxygen atoms in total. The van der Waals surface area contributed by atoms with Crippen LogP contribution in [0.2, 0.25) is 0 Å². The second-order valence-electron chi connectivity index (χ2n) is 4.93.